The normalized spacial score (nSPS) is 14.4. The molecule has 1 aliphatic carbocycles. The number of carbonyl (C=O) groups excluding carboxylic acids is 2. The Morgan fingerprint density at radius 3 is 2.18 bits per heavy atom. The van der Waals surface area contributed by atoms with Crippen molar-refractivity contribution in [1.29, 1.82) is 0 Å². The molecule has 0 aliphatic heterocycles. The highest BCUT2D eigenvalue weighted by Gasteiger charge is 2.56. The van der Waals surface area contributed by atoms with Gasteiger partial charge in [-0.05, 0) is 60.6 Å². The van der Waals surface area contributed by atoms with Crippen LogP contribution in [0.2, 0.25) is 0 Å². The molecule has 5 nitrogen and oxygen atoms in total. The molecular formula is C23H28N2O3. The Balaban J connectivity index is 1.51. The molecule has 0 saturated heterocycles. The smallest absolute Gasteiger partial charge is 0.240 e. The second-order valence-electron chi connectivity index (χ2n) is 7.67. The Hall–Kier alpha value is -2.82. The predicted octanol–water partition coefficient (Wildman–Crippen LogP) is 3.90. The number of hydrogen-bond acceptors (Lipinski definition) is 3. The number of rotatable bonds is 8. The molecule has 1 fully saturated rings. The fourth-order valence-electron chi connectivity index (χ4n) is 3.17. The lowest BCUT2D eigenvalue weighted by Crippen LogP contribution is -2.40. The Morgan fingerprint density at radius 2 is 1.64 bits per heavy atom. The van der Waals surface area contributed by atoms with Crippen LogP contribution in [0.15, 0.2) is 48.5 Å². The summed E-state index contributed by atoms with van der Waals surface area (Å²) in [6.45, 7) is 4.76. The third kappa shape index (κ3) is 4.53. The summed E-state index contributed by atoms with van der Waals surface area (Å²) in [5.41, 5.74) is 2.14. The highest BCUT2D eigenvalue weighted by Crippen LogP contribution is 2.46. The third-order valence-electron chi connectivity index (χ3n) is 5.31. The van der Waals surface area contributed by atoms with E-state index in [1.807, 2.05) is 48.5 Å². The molecule has 0 unspecified atom stereocenters. The van der Waals surface area contributed by atoms with Gasteiger partial charge in [-0.2, -0.15) is 0 Å². The molecule has 5 heteroatoms. The molecule has 2 amide bonds. The van der Waals surface area contributed by atoms with Gasteiger partial charge in [0.15, 0.2) is 0 Å². The summed E-state index contributed by atoms with van der Waals surface area (Å²) in [6.07, 6.45) is 1.90. The lowest BCUT2D eigenvalue weighted by atomic mass is 10.0. The molecule has 2 aromatic rings. The SMILES string of the molecule is COc1ccc(CCNC(=O)C2(C(=O)Nc3ccc(C(C)C)cc3)CC2)cc1. The summed E-state index contributed by atoms with van der Waals surface area (Å²) < 4.78 is 5.14. The average molecular weight is 380 g/mol. The van der Waals surface area contributed by atoms with Crippen LogP contribution in [0, 0.1) is 5.41 Å². The Bertz CT molecular complexity index is 822. The van der Waals surface area contributed by atoms with Gasteiger partial charge in [0.1, 0.15) is 11.2 Å². The van der Waals surface area contributed by atoms with Gasteiger partial charge in [0.2, 0.25) is 11.8 Å². The van der Waals surface area contributed by atoms with E-state index in [0.29, 0.717) is 31.7 Å². The van der Waals surface area contributed by atoms with Crippen LogP contribution in [-0.2, 0) is 16.0 Å². The zero-order valence-corrected chi connectivity index (χ0v) is 16.7. The highest BCUT2D eigenvalue weighted by atomic mass is 16.5. The molecule has 0 spiro atoms. The molecule has 148 valence electrons. The minimum absolute atomic E-state index is 0.183. The molecule has 1 aliphatic rings. The maximum Gasteiger partial charge on any atom is 0.240 e. The van der Waals surface area contributed by atoms with Crippen LogP contribution in [0.1, 0.15) is 43.7 Å². The van der Waals surface area contributed by atoms with Gasteiger partial charge < -0.3 is 15.4 Å². The van der Waals surface area contributed by atoms with E-state index in [2.05, 4.69) is 24.5 Å². The molecule has 0 radical (unpaired) electrons. The minimum atomic E-state index is -0.920. The van der Waals surface area contributed by atoms with Crippen LogP contribution < -0.4 is 15.4 Å². The quantitative estimate of drug-likeness (QED) is 0.683. The number of amides is 2. The molecule has 0 bridgehead atoms. The zero-order chi connectivity index (χ0) is 20.1. The fraction of sp³-hybridized carbons (Fsp3) is 0.391. The summed E-state index contributed by atoms with van der Waals surface area (Å²) in [6, 6.07) is 15.6. The molecule has 3 rings (SSSR count). The summed E-state index contributed by atoms with van der Waals surface area (Å²) in [7, 11) is 1.63. The first-order chi connectivity index (χ1) is 13.4. The molecule has 28 heavy (non-hydrogen) atoms. The van der Waals surface area contributed by atoms with Crippen molar-refractivity contribution in [2.24, 2.45) is 5.41 Å². The highest BCUT2D eigenvalue weighted by molar-refractivity contribution is 6.13. The number of nitrogens with one attached hydrogen (secondary N) is 2. The summed E-state index contributed by atoms with van der Waals surface area (Å²) in [4.78, 5) is 25.3. The summed E-state index contributed by atoms with van der Waals surface area (Å²) >= 11 is 0. The molecule has 0 heterocycles. The van der Waals surface area contributed by atoms with Crippen LogP contribution in [0.5, 0.6) is 5.75 Å². The van der Waals surface area contributed by atoms with Crippen molar-refractivity contribution in [2.45, 2.75) is 39.0 Å². The van der Waals surface area contributed by atoms with E-state index in [9.17, 15) is 9.59 Å². The van der Waals surface area contributed by atoms with E-state index in [0.717, 1.165) is 17.0 Å². The number of carbonyl (C=O) groups is 2. The first-order valence-corrected chi connectivity index (χ1v) is 9.77. The van der Waals surface area contributed by atoms with Gasteiger partial charge in [-0.1, -0.05) is 38.1 Å². The van der Waals surface area contributed by atoms with Gasteiger partial charge in [-0.3, -0.25) is 9.59 Å². The molecular weight excluding hydrogens is 352 g/mol. The van der Waals surface area contributed by atoms with Crippen LogP contribution in [0.4, 0.5) is 5.69 Å². The molecule has 1 saturated carbocycles. The van der Waals surface area contributed by atoms with Crippen molar-refractivity contribution in [3.05, 3.63) is 59.7 Å². The second-order valence-corrected chi connectivity index (χ2v) is 7.67. The van der Waals surface area contributed by atoms with E-state index in [1.165, 1.54) is 5.56 Å². The van der Waals surface area contributed by atoms with Crippen LogP contribution in [-0.4, -0.2) is 25.5 Å². The lowest BCUT2D eigenvalue weighted by molar-refractivity contribution is -0.134. The molecule has 0 atom stereocenters. The van der Waals surface area contributed by atoms with Gasteiger partial charge in [0.05, 0.1) is 7.11 Å². The Morgan fingerprint density at radius 1 is 1.00 bits per heavy atom. The number of hydrogen-bond donors (Lipinski definition) is 2. The van der Waals surface area contributed by atoms with Crippen molar-refractivity contribution in [3.8, 4) is 5.75 Å². The molecule has 2 N–H and O–H groups in total. The standard InChI is InChI=1S/C23H28N2O3/c1-16(2)18-6-8-19(9-7-18)25-22(27)23(13-14-23)21(26)24-15-12-17-4-10-20(28-3)11-5-17/h4-11,16H,12-15H2,1-3H3,(H,24,26)(H,25,27). The van der Waals surface area contributed by atoms with Crippen LogP contribution in [0.25, 0.3) is 0 Å². The van der Waals surface area contributed by atoms with Crippen LogP contribution in [0.3, 0.4) is 0 Å². The first-order valence-electron chi connectivity index (χ1n) is 9.77. The Labute approximate surface area is 166 Å². The van der Waals surface area contributed by atoms with Crippen molar-refractivity contribution < 1.29 is 14.3 Å². The third-order valence-corrected chi connectivity index (χ3v) is 5.31. The van der Waals surface area contributed by atoms with Gasteiger partial charge in [0, 0.05) is 12.2 Å². The molecule has 0 aromatic heterocycles. The minimum Gasteiger partial charge on any atom is -0.497 e. The summed E-state index contributed by atoms with van der Waals surface area (Å²) in [5.74, 6) is 0.850. The number of benzene rings is 2. The van der Waals surface area contributed by atoms with E-state index in [4.69, 9.17) is 4.74 Å². The second kappa shape index (κ2) is 8.46. The predicted molar refractivity (Wildman–Crippen MR) is 111 cm³/mol. The van der Waals surface area contributed by atoms with Gasteiger partial charge >= 0.3 is 0 Å². The van der Waals surface area contributed by atoms with Crippen molar-refractivity contribution in [3.63, 3.8) is 0 Å². The van der Waals surface area contributed by atoms with Gasteiger partial charge in [-0.25, -0.2) is 0 Å². The van der Waals surface area contributed by atoms with Crippen molar-refractivity contribution in [1.82, 2.24) is 5.32 Å². The Kier molecular flexibility index (Phi) is 6.02. The van der Waals surface area contributed by atoms with E-state index in [-0.39, 0.29) is 11.8 Å². The van der Waals surface area contributed by atoms with Crippen molar-refractivity contribution >= 4 is 17.5 Å². The maximum atomic E-state index is 12.7. The van der Waals surface area contributed by atoms with E-state index in [1.54, 1.807) is 7.11 Å². The topological polar surface area (TPSA) is 67.4 Å². The van der Waals surface area contributed by atoms with E-state index < -0.39 is 5.41 Å². The monoisotopic (exact) mass is 380 g/mol. The average Bonchev–Trinajstić information content (AvgIpc) is 3.51. The lowest BCUT2D eigenvalue weighted by Gasteiger charge is -2.16. The first kappa shape index (κ1) is 19.9. The van der Waals surface area contributed by atoms with Gasteiger partial charge in [-0.15, -0.1) is 0 Å². The number of anilines is 1. The zero-order valence-electron chi connectivity index (χ0n) is 16.7. The van der Waals surface area contributed by atoms with E-state index >= 15 is 0 Å². The number of ether oxygens (including phenoxy) is 1. The maximum absolute atomic E-state index is 12.7. The van der Waals surface area contributed by atoms with Gasteiger partial charge in [0.25, 0.3) is 0 Å². The number of methoxy groups -OCH3 is 1. The molecule has 2 aromatic carbocycles. The fourth-order valence-corrected chi connectivity index (χ4v) is 3.17. The largest absolute Gasteiger partial charge is 0.497 e. The van der Waals surface area contributed by atoms with Crippen LogP contribution >= 0.6 is 0 Å². The summed E-state index contributed by atoms with van der Waals surface area (Å²) in [5, 5.41) is 5.82. The van der Waals surface area contributed by atoms with Crippen molar-refractivity contribution in [2.75, 3.05) is 19.0 Å².